The molecule has 24 heavy (non-hydrogen) atoms. The largest absolute Gasteiger partial charge is 0.733 e. The summed E-state index contributed by atoms with van der Waals surface area (Å²) in [6.45, 7) is 0. The molecule has 0 radical (unpaired) electrons. The molecule has 5 fully saturated rings. The van der Waals surface area contributed by atoms with Gasteiger partial charge in [-0.05, 0) is 74.0 Å². The van der Waals surface area contributed by atoms with E-state index in [1.54, 1.807) is 12.1 Å². The Morgan fingerprint density at radius 3 is 2.38 bits per heavy atom. The average Bonchev–Trinajstić information content (AvgIpc) is 3.33. The number of carbonyl (C=O) groups excluding carboxylic acids is 1. The molecular weight excluding hydrogens is 306 g/mol. The fourth-order valence-electron chi connectivity index (χ4n) is 6.10. The van der Waals surface area contributed by atoms with Gasteiger partial charge in [0.15, 0.2) is 5.78 Å². The van der Waals surface area contributed by atoms with E-state index in [-0.39, 0.29) is 28.5 Å². The van der Waals surface area contributed by atoms with Crippen molar-refractivity contribution in [2.24, 2.45) is 23.2 Å². The van der Waals surface area contributed by atoms with Crippen LogP contribution in [-0.4, -0.2) is 17.1 Å². The second-order valence-corrected chi connectivity index (χ2v) is 8.41. The molecule has 1 heterocycles. The molecule has 1 aromatic rings. The van der Waals surface area contributed by atoms with Crippen LogP contribution in [0.15, 0.2) is 24.3 Å². The van der Waals surface area contributed by atoms with Crippen molar-refractivity contribution in [2.45, 2.75) is 50.7 Å². The van der Waals surface area contributed by atoms with Gasteiger partial charge in [-0.2, -0.15) is 0 Å². The highest BCUT2D eigenvalue weighted by atomic mass is 16.8. The van der Waals surface area contributed by atoms with Crippen molar-refractivity contribution < 1.29 is 14.7 Å². The molecule has 0 amide bonds. The lowest BCUT2D eigenvalue weighted by Crippen LogP contribution is -2.51. The van der Waals surface area contributed by atoms with Crippen molar-refractivity contribution in [3.8, 4) is 0 Å². The fourth-order valence-corrected chi connectivity index (χ4v) is 6.10. The zero-order chi connectivity index (χ0) is 16.5. The highest BCUT2D eigenvalue weighted by Gasteiger charge is 2.60. The summed E-state index contributed by atoms with van der Waals surface area (Å²) in [5, 5.41) is 19.9. The molecule has 5 aliphatic rings. The predicted molar refractivity (Wildman–Crippen MR) is 87.3 cm³/mol. The van der Waals surface area contributed by atoms with Crippen molar-refractivity contribution in [1.82, 2.24) is 0 Å². The lowest BCUT2D eigenvalue weighted by molar-refractivity contribution is -0.145. The molecule has 4 saturated carbocycles. The molecule has 1 saturated heterocycles. The van der Waals surface area contributed by atoms with Crippen LogP contribution in [0.3, 0.4) is 0 Å². The number of carbonyl (C=O) groups is 1. The summed E-state index contributed by atoms with van der Waals surface area (Å²) in [6, 6.07) is 6.70. The Bertz CT molecular complexity index is 650. The smallest absolute Gasteiger partial charge is 0.170 e. The number of Topliss-reactive ketones (excluding diaryl/α,β-unsaturated/α-hetero) is 1. The summed E-state index contributed by atoms with van der Waals surface area (Å²) in [5.41, 5.74) is 0.822. The maximum atomic E-state index is 13.2. The number of ether oxygens (including phenoxy) is 1. The number of hydrogen-bond acceptors (Lipinski definition) is 5. The Kier molecular flexibility index (Phi) is 3.12. The van der Waals surface area contributed by atoms with E-state index < -0.39 is 0 Å². The summed E-state index contributed by atoms with van der Waals surface area (Å²) in [6.07, 6.45) is 6.49. The number of hydrogen-bond donors (Lipinski definition) is 1. The first-order valence-corrected chi connectivity index (χ1v) is 9.00. The Morgan fingerprint density at radius 1 is 1.17 bits per heavy atom. The molecule has 4 aliphatic carbocycles. The van der Waals surface area contributed by atoms with E-state index in [2.05, 4.69) is 0 Å². The van der Waals surface area contributed by atoms with E-state index in [4.69, 9.17) is 9.94 Å². The first-order valence-electron chi connectivity index (χ1n) is 9.00. The van der Waals surface area contributed by atoms with Gasteiger partial charge in [-0.25, -0.2) is 0 Å². The molecule has 1 aliphatic heterocycles. The van der Waals surface area contributed by atoms with E-state index in [0.717, 1.165) is 42.6 Å². The Hall–Kier alpha value is -1.43. The first kappa shape index (κ1) is 14.9. The van der Waals surface area contributed by atoms with E-state index in [9.17, 15) is 10.0 Å². The third kappa shape index (κ3) is 2.22. The van der Waals surface area contributed by atoms with Crippen LogP contribution in [0.1, 0.15) is 50.2 Å². The average molecular weight is 328 g/mol. The number of anilines is 1. The normalized spacial score (nSPS) is 42.2. The predicted octanol–water partition coefficient (Wildman–Crippen LogP) is 3.61. The van der Waals surface area contributed by atoms with Crippen molar-refractivity contribution >= 4 is 11.5 Å². The van der Waals surface area contributed by atoms with Crippen LogP contribution in [0.4, 0.5) is 5.69 Å². The zero-order valence-corrected chi connectivity index (χ0v) is 13.6. The SMILES string of the molecule is O=C(C1OC1c1cccc(N([O-])O)c1)C12CC3CC(CC(C3)C1)C2. The molecule has 5 nitrogen and oxygen atoms in total. The molecule has 5 heteroatoms. The quantitative estimate of drug-likeness (QED) is 0.675. The van der Waals surface area contributed by atoms with Crippen LogP contribution in [0.5, 0.6) is 0 Å². The second kappa shape index (κ2) is 5.04. The monoisotopic (exact) mass is 328 g/mol. The number of nitrogens with zero attached hydrogens (tertiary/aromatic N) is 1. The van der Waals surface area contributed by atoms with Crippen LogP contribution in [0, 0.1) is 28.4 Å². The number of ketones is 1. The minimum Gasteiger partial charge on any atom is -0.733 e. The van der Waals surface area contributed by atoms with Crippen molar-refractivity contribution in [3.05, 3.63) is 35.0 Å². The highest BCUT2D eigenvalue weighted by Crippen LogP contribution is 2.62. The third-order valence-corrected chi connectivity index (χ3v) is 6.73. The zero-order valence-electron chi connectivity index (χ0n) is 13.6. The Labute approximate surface area is 141 Å². The molecule has 6 rings (SSSR count). The van der Waals surface area contributed by atoms with Crippen LogP contribution >= 0.6 is 0 Å². The summed E-state index contributed by atoms with van der Waals surface area (Å²) in [5.74, 6) is 2.51. The van der Waals surface area contributed by atoms with Crippen LogP contribution < -0.4 is 5.23 Å². The highest BCUT2D eigenvalue weighted by molar-refractivity contribution is 5.92. The van der Waals surface area contributed by atoms with Crippen molar-refractivity contribution in [3.63, 3.8) is 0 Å². The standard InChI is InChI=1S/C19H22NO4/c21-18(19-8-11-4-12(9-19)6-13(5-11)10-19)17-16(24-17)14-2-1-3-15(7-14)20(22)23/h1-3,7,11-13,16-17,22H,4-6,8-10H2/q-1. The molecule has 2 atom stereocenters. The maximum absolute atomic E-state index is 13.2. The van der Waals surface area contributed by atoms with Gasteiger partial charge < -0.3 is 15.2 Å². The van der Waals surface area contributed by atoms with E-state index in [0.29, 0.717) is 5.78 Å². The van der Waals surface area contributed by atoms with Crippen LogP contribution in [0.2, 0.25) is 0 Å². The minimum absolute atomic E-state index is 0.146. The van der Waals surface area contributed by atoms with Gasteiger partial charge in [0.05, 0.1) is 5.69 Å². The van der Waals surface area contributed by atoms with Gasteiger partial charge in [0.25, 0.3) is 0 Å². The fraction of sp³-hybridized carbons (Fsp3) is 0.632. The minimum atomic E-state index is -0.365. The van der Waals surface area contributed by atoms with Gasteiger partial charge in [-0.1, -0.05) is 12.1 Å². The lowest BCUT2D eigenvalue weighted by atomic mass is 9.48. The Balaban J connectivity index is 1.35. The lowest BCUT2D eigenvalue weighted by Gasteiger charge is -2.55. The second-order valence-electron chi connectivity index (χ2n) is 8.41. The third-order valence-electron chi connectivity index (χ3n) is 6.73. The van der Waals surface area contributed by atoms with Crippen molar-refractivity contribution in [1.29, 1.82) is 0 Å². The molecular formula is C19H22NO4-. The van der Waals surface area contributed by atoms with Gasteiger partial charge in [0.2, 0.25) is 0 Å². The number of benzene rings is 1. The molecule has 1 aromatic carbocycles. The Morgan fingerprint density at radius 2 is 1.79 bits per heavy atom. The van der Waals surface area contributed by atoms with E-state index >= 15 is 0 Å². The van der Waals surface area contributed by atoms with Gasteiger partial charge in [0, 0.05) is 5.41 Å². The molecule has 2 unspecified atom stereocenters. The summed E-state index contributed by atoms with van der Waals surface area (Å²) < 4.78 is 5.74. The maximum Gasteiger partial charge on any atom is 0.170 e. The molecule has 1 N–H and O–H groups in total. The van der Waals surface area contributed by atoms with Gasteiger partial charge >= 0.3 is 0 Å². The van der Waals surface area contributed by atoms with Crippen LogP contribution in [0.25, 0.3) is 0 Å². The van der Waals surface area contributed by atoms with E-state index in [1.807, 2.05) is 6.07 Å². The number of rotatable bonds is 4. The summed E-state index contributed by atoms with van der Waals surface area (Å²) >= 11 is 0. The summed E-state index contributed by atoms with van der Waals surface area (Å²) in [4.78, 5) is 13.2. The van der Waals surface area contributed by atoms with Gasteiger partial charge in [-0.3, -0.25) is 10.0 Å². The van der Waals surface area contributed by atoms with Gasteiger partial charge in [0.1, 0.15) is 12.2 Å². The molecule has 0 aromatic heterocycles. The molecule has 4 bridgehead atoms. The van der Waals surface area contributed by atoms with Crippen LogP contribution in [-0.2, 0) is 9.53 Å². The number of epoxide rings is 1. The topological polar surface area (TPSA) is 76.1 Å². The summed E-state index contributed by atoms with van der Waals surface area (Å²) in [7, 11) is 0. The molecule has 128 valence electrons. The van der Waals surface area contributed by atoms with Crippen molar-refractivity contribution in [2.75, 3.05) is 5.23 Å². The van der Waals surface area contributed by atoms with E-state index in [1.165, 1.54) is 25.3 Å². The van der Waals surface area contributed by atoms with Gasteiger partial charge in [-0.15, -0.1) is 0 Å². The first-order chi connectivity index (χ1) is 11.5. The molecule has 0 spiro atoms.